The largest absolute Gasteiger partial charge is 0.387 e. The highest BCUT2D eigenvalue weighted by molar-refractivity contribution is 6.00. The highest BCUT2D eigenvalue weighted by Gasteiger charge is 2.21. The van der Waals surface area contributed by atoms with Gasteiger partial charge in [-0.05, 0) is 47.5 Å². The fourth-order valence-electron chi connectivity index (χ4n) is 4.13. The summed E-state index contributed by atoms with van der Waals surface area (Å²) in [6.45, 7) is 2.37. The summed E-state index contributed by atoms with van der Waals surface area (Å²) in [5, 5.41) is 12.2. The molecule has 0 spiro atoms. The molecule has 0 radical (unpaired) electrons. The summed E-state index contributed by atoms with van der Waals surface area (Å²) >= 11 is 0. The molecule has 1 fully saturated rings. The van der Waals surface area contributed by atoms with Crippen LogP contribution in [0.5, 0.6) is 0 Å². The van der Waals surface area contributed by atoms with Gasteiger partial charge < -0.3 is 15.0 Å². The Morgan fingerprint density at radius 1 is 1.03 bits per heavy atom. The number of amides is 1. The summed E-state index contributed by atoms with van der Waals surface area (Å²) in [5.41, 5.74) is 6.86. The molecule has 1 N–H and O–H groups in total. The molecule has 1 amide bonds. The van der Waals surface area contributed by atoms with Gasteiger partial charge in [0.25, 0.3) is 5.91 Å². The Balaban J connectivity index is 1.51. The van der Waals surface area contributed by atoms with Crippen molar-refractivity contribution < 1.29 is 9.53 Å². The van der Waals surface area contributed by atoms with Crippen LogP contribution in [0.3, 0.4) is 0 Å². The van der Waals surface area contributed by atoms with E-state index in [4.69, 9.17) is 10.00 Å². The molecule has 7 heteroatoms. The SMILES string of the molecule is CNc1cc(-c2ccc3ncc(-c4ccc(C#N)cc4)n3c2)ccc1C(=O)N1CCOCC1. The first-order valence-electron chi connectivity index (χ1n) is 10.8. The predicted molar refractivity (Wildman–Crippen MR) is 127 cm³/mol. The lowest BCUT2D eigenvalue weighted by atomic mass is 10.0. The first-order chi connectivity index (χ1) is 16.2. The van der Waals surface area contributed by atoms with Crippen LogP contribution in [-0.4, -0.2) is 53.5 Å². The van der Waals surface area contributed by atoms with Gasteiger partial charge in [0.2, 0.25) is 0 Å². The van der Waals surface area contributed by atoms with Crippen LogP contribution < -0.4 is 5.32 Å². The lowest BCUT2D eigenvalue weighted by Gasteiger charge is -2.27. The normalized spacial score (nSPS) is 13.6. The number of hydrogen-bond acceptors (Lipinski definition) is 5. The van der Waals surface area contributed by atoms with Crippen molar-refractivity contribution in [3.63, 3.8) is 0 Å². The topological polar surface area (TPSA) is 82.7 Å². The Hall–Kier alpha value is -4.15. The molecule has 1 aliphatic heterocycles. The van der Waals surface area contributed by atoms with E-state index < -0.39 is 0 Å². The van der Waals surface area contributed by atoms with Crippen LogP contribution in [0.15, 0.2) is 67.0 Å². The quantitative estimate of drug-likeness (QED) is 0.521. The third-order valence-electron chi connectivity index (χ3n) is 5.97. The monoisotopic (exact) mass is 437 g/mol. The number of ether oxygens (including phenoxy) is 1. The Kier molecular flexibility index (Phi) is 5.51. The number of carbonyl (C=O) groups excluding carboxylic acids is 1. The van der Waals surface area contributed by atoms with Crippen LogP contribution in [0.25, 0.3) is 28.0 Å². The summed E-state index contributed by atoms with van der Waals surface area (Å²) in [6.07, 6.45) is 3.89. The molecule has 0 atom stereocenters. The van der Waals surface area contributed by atoms with Gasteiger partial charge in [0.15, 0.2) is 0 Å². The zero-order valence-electron chi connectivity index (χ0n) is 18.3. The minimum absolute atomic E-state index is 0.0161. The fourth-order valence-corrected chi connectivity index (χ4v) is 4.13. The van der Waals surface area contributed by atoms with E-state index in [1.807, 2.05) is 83.3 Å². The molecule has 3 heterocycles. The molecule has 1 aliphatic rings. The Bertz CT molecular complexity index is 1360. The smallest absolute Gasteiger partial charge is 0.256 e. The van der Waals surface area contributed by atoms with Crippen molar-refractivity contribution in [1.29, 1.82) is 5.26 Å². The number of nitrogens with one attached hydrogen (secondary N) is 1. The Morgan fingerprint density at radius 2 is 1.76 bits per heavy atom. The van der Waals surface area contributed by atoms with E-state index in [-0.39, 0.29) is 5.91 Å². The molecule has 0 unspecified atom stereocenters. The average molecular weight is 438 g/mol. The van der Waals surface area contributed by atoms with Crippen molar-refractivity contribution in [2.45, 2.75) is 0 Å². The maximum atomic E-state index is 13.0. The van der Waals surface area contributed by atoms with Crippen LogP contribution in [0, 0.1) is 11.3 Å². The van der Waals surface area contributed by atoms with Gasteiger partial charge in [-0.1, -0.05) is 18.2 Å². The Labute approximate surface area is 191 Å². The molecule has 0 saturated carbocycles. The molecule has 4 aromatic rings. The van der Waals surface area contributed by atoms with Crippen LogP contribution in [0.2, 0.25) is 0 Å². The number of rotatable bonds is 4. The van der Waals surface area contributed by atoms with Crippen LogP contribution in [0.1, 0.15) is 15.9 Å². The van der Waals surface area contributed by atoms with Gasteiger partial charge in [0.05, 0.1) is 42.3 Å². The molecule has 2 aromatic heterocycles. The number of pyridine rings is 1. The van der Waals surface area contributed by atoms with Crippen molar-refractivity contribution in [3.8, 4) is 28.5 Å². The molecule has 33 heavy (non-hydrogen) atoms. The molecular formula is C26H23N5O2. The van der Waals surface area contributed by atoms with Crippen LogP contribution >= 0.6 is 0 Å². The lowest BCUT2D eigenvalue weighted by molar-refractivity contribution is 0.0303. The average Bonchev–Trinajstić information content (AvgIpc) is 3.31. The number of nitrogens with zero attached hydrogens (tertiary/aromatic N) is 4. The van der Waals surface area contributed by atoms with E-state index in [1.165, 1.54) is 0 Å². The summed E-state index contributed by atoms with van der Waals surface area (Å²) < 4.78 is 7.41. The number of carbonyl (C=O) groups is 1. The van der Waals surface area contributed by atoms with Crippen molar-refractivity contribution in [2.24, 2.45) is 0 Å². The van der Waals surface area contributed by atoms with E-state index in [2.05, 4.69) is 16.4 Å². The molecular weight excluding hydrogens is 414 g/mol. The van der Waals surface area contributed by atoms with Crippen LogP contribution in [-0.2, 0) is 4.74 Å². The van der Waals surface area contributed by atoms with Crippen LogP contribution in [0.4, 0.5) is 5.69 Å². The third kappa shape index (κ3) is 3.93. The minimum Gasteiger partial charge on any atom is -0.387 e. The summed E-state index contributed by atoms with van der Waals surface area (Å²) in [4.78, 5) is 19.4. The van der Waals surface area contributed by atoms with Crippen molar-refractivity contribution in [1.82, 2.24) is 14.3 Å². The van der Waals surface area contributed by atoms with Gasteiger partial charge >= 0.3 is 0 Å². The number of nitriles is 1. The number of fused-ring (bicyclic) bond motifs is 1. The van der Waals surface area contributed by atoms with Gasteiger partial charge in [0, 0.05) is 37.6 Å². The molecule has 2 aromatic carbocycles. The van der Waals surface area contributed by atoms with E-state index in [1.54, 1.807) is 0 Å². The summed E-state index contributed by atoms with van der Waals surface area (Å²) in [6, 6.07) is 19.5. The zero-order chi connectivity index (χ0) is 22.8. The number of hydrogen-bond donors (Lipinski definition) is 1. The summed E-state index contributed by atoms with van der Waals surface area (Å²) in [5.74, 6) is 0.0161. The van der Waals surface area contributed by atoms with Gasteiger partial charge in [-0.25, -0.2) is 4.98 Å². The molecule has 0 aliphatic carbocycles. The van der Waals surface area contributed by atoms with E-state index in [9.17, 15) is 4.79 Å². The van der Waals surface area contributed by atoms with Gasteiger partial charge in [0.1, 0.15) is 5.65 Å². The second-order valence-corrected chi connectivity index (χ2v) is 7.89. The number of imidazole rings is 1. The van der Waals surface area contributed by atoms with E-state index in [0.29, 0.717) is 37.4 Å². The third-order valence-corrected chi connectivity index (χ3v) is 5.97. The van der Waals surface area contributed by atoms with Gasteiger partial charge in [-0.15, -0.1) is 0 Å². The maximum Gasteiger partial charge on any atom is 0.256 e. The minimum atomic E-state index is 0.0161. The van der Waals surface area contributed by atoms with Gasteiger partial charge in [-0.3, -0.25) is 9.20 Å². The number of benzene rings is 2. The molecule has 5 rings (SSSR count). The molecule has 7 nitrogen and oxygen atoms in total. The van der Waals surface area contributed by atoms with Crippen molar-refractivity contribution in [3.05, 3.63) is 78.1 Å². The standard InChI is InChI=1S/C26H23N5O2/c1-28-23-14-20(6-8-22(23)26(32)30-10-12-33-13-11-30)21-7-9-25-29-16-24(31(25)17-21)19-4-2-18(15-27)3-5-19/h2-9,14,16-17,28H,10-13H2,1H3. The second-order valence-electron chi connectivity index (χ2n) is 7.89. The number of aromatic nitrogens is 2. The van der Waals surface area contributed by atoms with Crippen molar-refractivity contribution in [2.75, 3.05) is 38.7 Å². The van der Waals surface area contributed by atoms with Crippen molar-refractivity contribution >= 4 is 17.2 Å². The Morgan fingerprint density at radius 3 is 2.48 bits per heavy atom. The lowest BCUT2D eigenvalue weighted by Crippen LogP contribution is -2.40. The fraction of sp³-hybridized carbons (Fsp3) is 0.192. The molecule has 0 bridgehead atoms. The van der Waals surface area contributed by atoms with Gasteiger partial charge in [-0.2, -0.15) is 5.26 Å². The summed E-state index contributed by atoms with van der Waals surface area (Å²) in [7, 11) is 1.83. The highest BCUT2D eigenvalue weighted by atomic mass is 16.5. The predicted octanol–water partition coefficient (Wildman–Crippen LogP) is 4.05. The number of morpholine rings is 1. The van der Waals surface area contributed by atoms with E-state index >= 15 is 0 Å². The van der Waals surface area contributed by atoms with E-state index in [0.717, 1.165) is 33.7 Å². The maximum absolute atomic E-state index is 13.0. The highest BCUT2D eigenvalue weighted by Crippen LogP contribution is 2.29. The second kappa shape index (κ2) is 8.77. The first-order valence-corrected chi connectivity index (χ1v) is 10.8. The first kappa shape index (κ1) is 20.7. The molecule has 1 saturated heterocycles. The number of anilines is 1. The molecule has 164 valence electrons. The zero-order valence-corrected chi connectivity index (χ0v) is 18.3.